The van der Waals surface area contributed by atoms with E-state index in [9.17, 15) is 4.79 Å². The predicted molar refractivity (Wildman–Crippen MR) is 123 cm³/mol. The lowest BCUT2D eigenvalue weighted by atomic mass is 10.1. The molecule has 4 rings (SSSR count). The van der Waals surface area contributed by atoms with E-state index in [0.717, 1.165) is 11.1 Å². The lowest BCUT2D eigenvalue weighted by molar-refractivity contribution is -0.119. The summed E-state index contributed by atoms with van der Waals surface area (Å²) in [5, 5.41) is 0.665. The molecule has 0 spiro atoms. The highest BCUT2D eigenvalue weighted by Gasteiger charge is 2.12. The molecule has 4 aromatic rings. The summed E-state index contributed by atoms with van der Waals surface area (Å²) in [6.45, 7) is 1.70. The largest absolute Gasteiger partial charge is 0.482 e. The van der Waals surface area contributed by atoms with E-state index < -0.39 is 5.91 Å². The lowest BCUT2D eigenvalue weighted by Gasteiger charge is -2.10. The molecule has 1 aromatic heterocycles. The van der Waals surface area contributed by atoms with Gasteiger partial charge in [0, 0.05) is 22.4 Å². The smallest absolute Gasteiger partial charge is 0.255 e. The first-order chi connectivity index (χ1) is 14.9. The maximum atomic E-state index is 11.1. The van der Waals surface area contributed by atoms with Crippen molar-refractivity contribution < 1.29 is 13.9 Å². The van der Waals surface area contributed by atoms with Gasteiger partial charge in [0.25, 0.3) is 5.91 Å². The molecule has 0 unspecified atom stereocenters. The molecule has 31 heavy (non-hydrogen) atoms. The Balaban J connectivity index is 1.66. The van der Waals surface area contributed by atoms with Crippen LogP contribution in [0, 0.1) is 6.92 Å². The number of hydrogen-bond donors (Lipinski definition) is 1. The second kappa shape index (κ2) is 8.79. The molecular formula is C23H17Cl2N3O3. The Morgan fingerprint density at radius 3 is 2.77 bits per heavy atom. The van der Waals surface area contributed by atoms with E-state index in [1.54, 1.807) is 12.3 Å². The van der Waals surface area contributed by atoms with Crippen molar-refractivity contribution in [2.45, 2.75) is 6.92 Å². The van der Waals surface area contributed by atoms with Crippen LogP contribution in [0.15, 0.2) is 64.0 Å². The summed E-state index contributed by atoms with van der Waals surface area (Å²) in [7, 11) is 0. The van der Waals surface area contributed by atoms with Crippen molar-refractivity contribution in [1.82, 2.24) is 4.98 Å². The van der Waals surface area contributed by atoms with Gasteiger partial charge in [0.15, 0.2) is 12.2 Å². The van der Waals surface area contributed by atoms with Gasteiger partial charge in [-0.25, -0.2) is 4.98 Å². The summed E-state index contributed by atoms with van der Waals surface area (Å²) < 4.78 is 11.3. The maximum Gasteiger partial charge on any atom is 0.255 e. The summed E-state index contributed by atoms with van der Waals surface area (Å²) in [5.74, 6) is 0.214. The fourth-order valence-corrected chi connectivity index (χ4v) is 3.60. The van der Waals surface area contributed by atoms with Crippen molar-refractivity contribution in [3.63, 3.8) is 0 Å². The minimum atomic E-state index is -0.616. The highest BCUT2D eigenvalue weighted by Crippen LogP contribution is 2.33. The molecule has 1 amide bonds. The van der Waals surface area contributed by atoms with Gasteiger partial charge in [-0.2, -0.15) is 0 Å². The third-order valence-corrected chi connectivity index (χ3v) is 4.99. The normalized spacial score (nSPS) is 11.3. The number of carbonyl (C=O) groups excluding carboxylic acids is 1. The van der Waals surface area contributed by atoms with Crippen molar-refractivity contribution in [1.29, 1.82) is 0 Å². The first-order valence-corrected chi connectivity index (χ1v) is 10.1. The number of aliphatic imine (C=N–C) groups is 1. The molecule has 0 aliphatic carbocycles. The Morgan fingerprint density at radius 1 is 1.19 bits per heavy atom. The van der Waals surface area contributed by atoms with Crippen LogP contribution >= 0.6 is 23.2 Å². The quantitative estimate of drug-likeness (QED) is 0.377. The first-order valence-electron chi connectivity index (χ1n) is 9.31. The molecule has 0 atom stereocenters. The highest BCUT2D eigenvalue weighted by atomic mass is 35.5. The molecule has 0 bridgehead atoms. The average Bonchev–Trinajstić information content (AvgIpc) is 3.14. The number of nitrogens with zero attached hydrogens (tertiary/aromatic N) is 2. The molecule has 1 heterocycles. The van der Waals surface area contributed by atoms with Gasteiger partial charge in [0.2, 0.25) is 5.89 Å². The number of oxazole rings is 1. The molecule has 8 heteroatoms. The van der Waals surface area contributed by atoms with Gasteiger partial charge < -0.3 is 14.9 Å². The average molecular weight is 454 g/mol. The van der Waals surface area contributed by atoms with Gasteiger partial charge in [-0.05, 0) is 48.9 Å². The van der Waals surface area contributed by atoms with Crippen molar-refractivity contribution in [3.05, 3.63) is 75.8 Å². The molecule has 0 aliphatic heterocycles. The van der Waals surface area contributed by atoms with Crippen LogP contribution in [-0.2, 0) is 4.79 Å². The van der Waals surface area contributed by atoms with Crippen molar-refractivity contribution in [2.24, 2.45) is 10.7 Å². The fraction of sp³-hybridized carbons (Fsp3) is 0.0870. The Morgan fingerprint density at radius 2 is 2.00 bits per heavy atom. The van der Waals surface area contributed by atoms with Gasteiger partial charge >= 0.3 is 0 Å². The van der Waals surface area contributed by atoms with E-state index in [0.29, 0.717) is 33.3 Å². The Bertz CT molecular complexity index is 1310. The van der Waals surface area contributed by atoms with Gasteiger partial charge in [-0.15, -0.1) is 0 Å². The second-order valence-corrected chi connectivity index (χ2v) is 7.65. The number of fused-ring (bicyclic) bond motifs is 1. The third-order valence-electron chi connectivity index (χ3n) is 4.50. The summed E-state index contributed by atoms with van der Waals surface area (Å²) in [6.07, 6.45) is 1.55. The molecule has 6 nitrogen and oxygen atoms in total. The number of carbonyl (C=O) groups is 1. The van der Waals surface area contributed by atoms with Crippen LogP contribution in [-0.4, -0.2) is 23.7 Å². The maximum absolute atomic E-state index is 11.1. The number of rotatable bonds is 6. The number of halogens is 2. The van der Waals surface area contributed by atoms with Gasteiger partial charge in [-0.3, -0.25) is 9.79 Å². The zero-order valence-corrected chi connectivity index (χ0v) is 17.9. The zero-order chi connectivity index (χ0) is 22.0. The molecule has 0 saturated carbocycles. The number of aryl methyl sites for hydroxylation is 1. The van der Waals surface area contributed by atoms with E-state index >= 15 is 0 Å². The van der Waals surface area contributed by atoms with E-state index in [-0.39, 0.29) is 17.4 Å². The fourth-order valence-electron chi connectivity index (χ4n) is 3.04. The zero-order valence-electron chi connectivity index (χ0n) is 16.4. The van der Waals surface area contributed by atoms with E-state index in [1.165, 1.54) is 6.07 Å². The molecular weight excluding hydrogens is 437 g/mol. The van der Waals surface area contributed by atoms with Crippen molar-refractivity contribution in [2.75, 3.05) is 6.61 Å². The summed E-state index contributed by atoms with van der Waals surface area (Å²) in [4.78, 5) is 20.1. The van der Waals surface area contributed by atoms with E-state index in [1.807, 2.05) is 49.4 Å². The van der Waals surface area contributed by atoms with Crippen LogP contribution in [0.5, 0.6) is 5.75 Å². The predicted octanol–water partition coefficient (Wildman–Crippen LogP) is 5.72. The minimum absolute atomic E-state index is 0.255. The van der Waals surface area contributed by atoms with Gasteiger partial charge in [0.1, 0.15) is 11.3 Å². The van der Waals surface area contributed by atoms with Crippen LogP contribution in [0.1, 0.15) is 11.1 Å². The number of nitrogens with two attached hydrogens (primary N) is 1. The number of primary amides is 1. The monoisotopic (exact) mass is 453 g/mol. The van der Waals surface area contributed by atoms with Gasteiger partial charge in [0.05, 0.1) is 10.7 Å². The molecule has 156 valence electrons. The van der Waals surface area contributed by atoms with Crippen molar-refractivity contribution >= 4 is 52.1 Å². The molecule has 2 N–H and O–H groups in total. The summed E-state index contributed by atoms with van der Waals surface area (Å²) in [5.41, 5.74) is 9.68. The Labute approximate surface area is 188 Å². The van der Waals surface area contributed by atoms with Crippen molar-refractivity contribution in [3.8, 4) is 17.2 Å². The van der Waals surface area contributed by atoms with Crippen LogP contribution in [0.2, 0.25) is 10.0 Å². The van der Waals surface area contributed by atoms with Crippen LogP contribution in [0.3, 0.4) is 0 Å². The Kier molecular flexibility index (Phi) is 5.93. The number of ether oxygens (including phenoxy) is 1. The highest BCUT2D eigenvalue weighted by molar-refractivity contribution is 6.36. The van der Waals surface area contributed by atoms with Crippen LogP contribution < -0.4 is 10.5 Å². The molecule has 0 radical (unpaired) electrons. The SMILES string of the molecule is Cc1ccccc1-c1nc2cc(N=Cc3cc(Cl)cc(Cl)c3OCC(N)=O)ccc2o1. The topological polar surface area (TPSA) is 90.7 Å². The van der Waals surface area contributed by atoms with Gasteiger partial charge in [-0.1, -0.05) is 41.4 Å². The minimum Gasteiger partial charge on any atom is -0.482 e. The number of benzene rings is 3. The number of hydrogen-bond acceptors (Lipinski definition) is 5. The molecule has 0 fully saturated rings. The number of amides is 1. The van der Waals surface area contributed by atoms with Crippen LogP contribution in [0.25, 0.3) is 22.6 Å². The second-order valence-electron chi connectivity index (χ2n) is 6.81. The standard InChI is InChI=1S/C23H17Cl2N3O3/c1-13-4-2-3-5-17(13)23-28-19-10-16(6-7-20(19)31-23)27-11-14-8-15(24)9-18(25)22(14)30-12-21(26)29/h2-11H,12H2,1H3,(H2,26,29). The summed E-state index contributed by atoms with van der Waals surface area (Å²) in [6, 6.07) is 16.5. The van der Waals surface area contributed by atoms with Crippen LogP contribution in [0.4, 0.5) is 5.69 Å². The first kappa shape index (κ1) is 20.9. The Hall–Kier alpha value is -3.35. The molecule has 0 saturated heterocycles. The summed E-state index contributed by atoms with van der Waals surface area (Å²) >= 11 is 12.3. The number of aromatic nitrogens is 1. The van der Waals surface area contributed by atoms with E-state index in [4.69, 9.17) is 38.1 Å². The molecule has 3 aromatic carbocycles. The third kappa shape index (κ3) is 4.71. The van der Waals surface area contributed by atoms with E-state index in [2.05, 4.69) is 9.98 Å². The lowest BCUT2D eigenvalue weighted by Crippen LogP contribution is -2.20. The molecule has 0 aliphatic rings.